The van der Waals surface area contributed by atoms with Gasteiger partial charge in [-0.25, -0.2) is 0 Å². The number of benzene rings is 1. The van der Waals surface area contributed by atoms with Crippen molar-refractivity contribution in [3.05, 3.63) is 52.6 Å². The van der Waals surface area contributed by atoms with E-state index in [0.29, 0.717) is 18.3 Å². The molecule has 156 valence electrons. The smallest absolute Gasteiger partial charge is 0.156 e. The van der Waals surface area contributed by atoms with E-state index in [4.69, 9.17) is 0 Å². The van der Waals surface area contributed by atoms with Gasteiger partial charge in [0.15, 0.2) is 5.78 Å². The van der Waals surface area contributed by atoms with Crippen LogP contribution in [0.1, 0.15) is 70.3 Å². The lowest BCUT2D eigenvalue weighted by Gasteiger charge is -2.53. The van der Waals surface area contributed by atoms with E-state index in [2.05, 4.69) is 18.8 Å². The summed E-state index contributed by atoms with van der Waals surface area (Å²) in [5.41, 5.74) is 4.13. The van der Waals surface area contributed by atoms with Crippen LogP contribution in [0.3, 0.4) is 0 Å². The first-order valence-corrected chi connectivity index (χ1v) is 11.3. The van der Waals surface area contributed by atoms with Crippen molar-refractivity contribution in [1.82, 2.24) is 0 Å². The first-order chi connectivity index (χ1) is 14.4. The molecule has 0 unspecified atom stereocenters. The van der Waals surface area contributed by atoms with Gasteiger partial charge in [0.1, 0.15) is 11.4 Å². The molecule has 30 heavy (non-hydrogen) atoms. The zero-order valence-electron chi connectivity index (χ0n) is 17.9. The molecule has 3 nitrogen and oxygen atoms in total. The summed E-state index contributed by atoms with van der Waals surface area (Å²) in [6.45, 7) is 4.07. The second kappa shape index (κ2) is 6.86. The van der Waals surface area contributed by atoms with Crippen molar-refractivity contribution in [3.8, 4) is 17.6 Å². The maximum Gasteiger partial charge on any atom is 0.156 e. The normalized spacial score (nSPS) is 37.5. The van der Waals surface area contributed by atoms with Gasteiger partial charge in [0.2, 0.25) is 0 Å². The van der Waals surface area contributed by atoms with Crippen molar-refractivity contribution in [2.75, 3.05) is 0 Å². The average Bonchev–Trinajstić information content (AvgIpc) is 2.98. The molecule has 2 N–H and O–H groups in total. The number of hydrogen-bond acceptors (Lipinski definition) is 3. The van der Waals surface area contributed by atoms with Crippen molar-refractivity contribution in [3.63, 3.8) is 0 Å². The van der Waals surface area contributed by atoms with Crippen LogP contribution in [0.25, 0.3) is 0 Å². The standard InChI is InChI=1S/C27H30O3/c1-3-13-27(30)14-12-24-22-10-6-18-15-20(29)9-11-21(18)25(22)23(16-26(24,27)2)17-4-7-19(28)8-5-17/h4-5,7-8,15,22-24,28,30H,6,9-12,14,16H2,1-2H3/t22-,23+,24-,26-,27-/m0/s1. The van der Waals surface area contributed by atoms with Gasteiger partial charge in [0, 0.05) is 17.8 Å². The molecule has 4 aliphatic rings. The molecule has 2 saturated carbocycles. The minimum absolute atomic E-state index is 0.187. The second-order valence-corrected chi connectivity index (χ2v) is 9.86. The van der Waals surface area contributed by atoms with Crippen LogP contribution in [0.4, 0.5) is 0 Å². The van der Waals surface area contributed by atoms with Gasteiger partial charge in [-0.2, -0.15) is 0 Å². The van der Waals surface area contributed by atoms with E-state index in [-0.39, 0.29) is 22.9 Å². The molecule has 0 heterocycles. The topological polar surface area (TPSA) is 57.5 Å². The molecule has 0 saturated heterocycles. The molecule has 5 atom stereocenters. The lowest BCUT2D eigenvalue weighted by Crippen LogP contribution is -2.51. The molecule has 3 heteroatoms. The summed E-state index contributed by atoms with van der Waals surface area (Å²) in [5.74, 6) is 7.75. The van der Waals surface area contributed by atoms with Crippen LogP contribution in [0, 0.1) is 29.1 Å². The van der Waals surface area contributed by atoms with E-state index in [1.165, 1.54) is 22.3 Å². The summed E-state index contributed by atoms with van der Waals surface area (Å²) in [7, 11) is 0. The Labute approximate surface area is 178 Å². The molecular formula is C27H30O3. The predicted molar refractivity (Wildman–Crippen MR) is 117 cm³/mol. The number of carbonyl (C=O) groups is 1. The highest BCUT2D eigenvalue weighted by molar-refractivity contribution is 5.93. The summed E-state index contributed by atoms with van der Waals surface area (Å²) in [6, 6.07) is 7.58. The minimum atomic E-state index is -0.948. The fraction of sp³-hybridized carbons (Fsp3) is 0.519. The number of allylic oxidation sites excluding steroid dienone is 4. The molecule has 1 aromatic rings. The minimum Gasteiger partial charge on any atom is -0.508 e. The number of fused-ring (bicyclic) bond motifs is 4. The van der Waals surface area contributed by atoms with Crippen molar-refractivity contribution in [2.45, 2.75) is 70.3 Å². The SMILES string of the molecule is CC#C[C@]1(O)CC[C@H]2[C@@H]3CCC4=CC(=O)CCC4=C3[C@@H](c3ccc(O)cc3)C[C@@]21C. The summed E-state index contributed by atoms with van der Waals surface area (Å²) in [5, 5.41) is 21.5. The molecule has 2 fully saturated rings. The Morgan fingerprint density at radius 2 is 1.87 bits per heavy atom. The van der Waals surface area contributed by atoms with E-state index >= 15 is 0 Å². The van der Waals surface area contributed by atoms with Gasteiger partial charge >= 0.3 is 0 Å². The molecule has 0 radical (unpaired) electrons. The van der Waals surface area contributed by atoms with Crippen molar-refractivity contribution in [2.24, 2.45) is 17.3 Å². The van der Waals surface area contributed by atoms with Crippen molar-refractivity contribution in [1.29, 1.82) is 0 Å². The number of ketones is 1. The third kappa shape index (κ3) is 2.73. The fourth-order valence-electron chi connectivity index (χ4n) is 7.08. The highest BCUT2D eigenvalue weighted by Crippen LogP contribution is 2.66. The number of phenols is 1. The summed E-state index contributed by atoms with van der Waals surface area (Å²) in [6.07, 6.45) is 7.92. The second-order valence-electron chi connectivity index (χ2n) is 9.86. The van der Waals surface area contributed by atoms with Crippen LogP contribution in [0.2, 0.25) is 0 Å². The van der Waals surface area contributed by atoms with E-state index < -0.39 is 5.60 Å². The predicted octanol–water partition coefficient (Wildman–Crippen LogP) is 5.05. The summed E-state index contributed by atoms with van der Waals surface area (Å²) >= 11 is 0. The number of aromatic hydroxyl groups is 1. The fourth-order valence-corrected chi connectivity index (χ4v) is 7.08. The number of aliphatic hydroxyl groups is 1. The monoisotopic (exact) mass is 402 g/mol. The molecule has 1 aromatic carbocycles. The van der Waals surface area contributed by atoms with Gasteiger partial charge in [-0.1, -0.05) is 30.6 Å². The molecule has 4 aliphatic carbocycles. The Morgan fingerprint density at radius 1 is 1.10 bits per heavy atom. The van der Waals surface area contributed by atoms with Gasteiger partial charge in [-0.3, -0.25) is 4.79 Å². The summed E-state index contributed by atoms with van der Waals surface area (Å²) < 4.78 is 0. The third-order valence-electron chi connectivity index (χ3n) is 8.51. The third-order valence-corrected chi connectivity index (χ3v) is 8.51. The van der Waals surface area contributed by atoms with Gasteiger partial charge in [-0.05, 0) is 92.2 Å². The Hall–Kier alpha value is -2.31. The lowest BCUT2D eigenvalue weighted by atomic mass is 9.51. The van der Waals surface area contributed by atoms with Crippen LogP contribution in [0.5, 0.6) is 5.75 Å². The quantitative estimate of drug-likeness (QED) is 0.647. The molecule has 0 aliphatic heterocycles. The molecule has 0 amide bonds. The Morgan fingerprint density at radius 3 is 2.60 bits per heavy atom. The molecule has 0 aromatic heterocycles. The van der Waals surface area contributed by atoms with Crippen LogP contribution < -0.4 is 0 Å². The molecule has 0 bridgehead atoms. The van der Waals surface area contributed by atoms with Gasteiger partial charge < -0.3 is 10.2 Å². The highest BCUT2D eigenvalue weighted by atomic mass is 16.3. The van der Waals surface area contributed by atoms with E-state index in [9.17, 15) is 15.0 Å². The number of rotatable bonds is 1. The molecule has 0 spiro atoms. The first kappa shape index (κ1) is 19.6. The molecule has 5 rings (SSSR count). The van der Waals surface area contributed by atoms with Crippen LogP contribution >= 0.6 is 0 Å². The van der Waals surface area contributed by atoms with Crippen LogP contribution in [-0.4, -0.2) is 21.6 Å². The number of hydrogen-bond donors (Lipinski definition) is 2. The number of carbonyl (C=O) groups excluding carboxylic acids is 1. The van der Waals surface area contributed by atoms with E-state index in [0.717, 1.165) is 38.5 Å². The Kier molecular flexibility index (Phi) is 4.49. The number of phenolic OH excluding ortho intramolecular Hbond substituents is 1. The molecular weight excluding hydrogens is 372 g/mol. The van der Waals surface area contributed by atoms with Gasteiger partial charge in [0.05, 0.1) is 0 Å². The Balaban J connectivity index is 1.69. The largest absolute Gasteiger partial charge is 0.508 e. The van der Waals surface area contributed by atoms with Gasteiger partial charge in [0.25, 0.3) is 0 Å². The van der Waals surface area contributed by atoms with E-state index in [1.807, 2.05) is 25.1 Å². The maximum absolute atomic E-state index is 12.1. The lowest BCUT2D eigenvalue weighted by molar-refractivity contribution is -0.114. The van der Waals surface area contributed by atoms with Crippen molar-refractivity contribution < 1.29 is 15.0 Å². The van der Waals surface area contributed by atoms with Crippen LogP contribution in [0.15, 0.2) is 47.1 Å². The summed E-state index contributed by atoms with van der Waals surface area (Å²) in [4.78, 5) is 12.1. The van der Waals surface area contributed by atoms with Crippen LogP contribution in [-0.2, 0) is 4.79 Å². The first-order valence-electron chi connectivity index (χ1n) is 11.3. The van der Waals surface area contributed by atoms with Gasteiger partial charge in [-0.15, -0.1) is 5.92 Å². The average molecular weight is 403 g/mol. The zero-order chi connectivity index (χ0) is 21.1. The highest BCUT2D eigenvalue weighted by Gasteiger charge is 2.62. The Bertz CT molecular complexity index is 1020. The van der Waals surface area contributed by atoms with E-state index in [1.54, 1.807) is 12.1 Å². The maximum atomic E-state index is 12.1. The van der Waals surface area contributed by atoms with Crippen molar-refractivity contribution >= 4 is 5.78 Å². The zero-order valence-corrected chi connectivity index (χ0v) is 17.9.